The second-order valence-electron chi connectivity index (χ2n) is 3.09. The summed E-state index contributed by atoms with van der Waals surface area (Å²) in [6, 6.07) is 0. The summed E-state index contributed by atoms with van der Waals surface area (Å²) >= 11 is 0. The van der Waals surface area contributed by atoms with Crippen molar-refractivity contribution in [3.05, 3.63) is 12.7 Å². The molecule has 3 heteroatoms. The molecule has 0 saturated heterocycles. The quantitative estimate of drug-likeness (QED) is 0.499. The van der Waals surface area contributed by atoms with Crippen LogP contribution in [0.25, 0.3) is 0 Å². The highest BCUT2D eigenvalue weighted by Crippen LogP contribution is 2.39. The summed E-state index contributed by atoms with van der Waals surface area (Å²) in [5.74, 6) is 0.0381. The summed E-state index contributed by atoms with van der Waals surface area (Å²) in [7, 11) is 3.20. The van der Waals surface area contributed by atoms with E-state index in [1.165, 1.54) is 7.11 Å². The molecule has 2 atom stereocenters. The van der Waals surface area contributed by atoms with E-state index >= 15 is 0 Å². The van der Waals surface area contributed by atoms with Gasteiger partial charge in [0.1, 0.15) is 5.54 Å². The van der Waals surface area contributed by atoms with E-state index in [9.17, 15) is 4.79 Å². The van der Waals surface area contributed by atoms with Gasteiger partial charge in [-0.25, -0.2) is 0 Å². The van der Waals surface area contributed by atoms with Crippen LogP contribution in [0.15, 0.2) is 12.7 Å². The molecule has 1 N–H and O–H groups in total. The molecule has 12 heavy (non-hydrogen) atoms. The molecule has 0 amide bonds. The van der Waals surface area contributed by atoms with Gasteiger partial charge < -0.3 is 10.1 Å². The van der Waals surface area contributed by atoms with Gasteiger partial charge in [0.2, 0.25) is 0 Å². The number of methoxy groups -OCH3 is 1. The first-order chi connectivity index (χ1) is 5.71. The molecule has 0 heterocycles. The lowest BCUT2D eigenvalue weighted by atomic mass is 9.66. The van der Waals surface area contributed by atoms with Crippen LogP contribution in [0.4, 0.5) is 0 Å². The van der Waals surface area contributed by atoms with Gasteiger partial charge in [-0.2, -0.15) is 0 Å². The second-order valence-corrected chi connectivity index (χ2v) is 3.09. The maximum absolute atomic E-state index is 11.4. The number of carbonyl (C=O) groups excluding carboxylic acids is 1. The fourth-order valence-corrected chi connectivity index (χ4v) is 1.77. The van der Waals surface area contributed by atoms with Crippen LogP contribution in [0.5, 0.6) is 0 Å². The predicted octanol–water partition coefficient (Wildman–Crippen LogP) is 0.714. The largest absolute Gasteiger partial charge is 0.468 e. The van der Waals surface area contributed by atoms with E-state index in [1.54, 1.807) is 7.05 Å². The molecule has 1 rings (SSSR count). The summed E-state index contributed by atoms with van der Waals surface area (Å²) in [6.07, 6.45) is 3.67. The van der Waals surface area contributed by atoms with Gasteiger partial charge in [0.15, 0.2) is 0 Å². The highest BCUT2D eigenvalue weighted by Gasteiger charge is 2.51. The number of ether oxygens (including phenoxy) is 1. The molecular weight excluding hydrogens is 154 g/mol. The van der Waals surface area contributed by atoms with Crippen LogP contribution in [0.3, 0.4) is 0 Å². The van der Waals surface area contributed by atoms with Gasteiger partial charge in [-0.1, -0.05) is 6.08 Å². The van der Waals surface area contributed by atoms with Crippen LogP contribution in [0.1, 0.15) is 12.8 Å². The Hall–Kier alpha value is -0.830. The summed E-state index contributed by atoms with van der Waals surface area (Å²) in [4.78, 5) is 11.4. The molecule has 1 aliphatic carbocycles. The van der Waals surface area contributed by atoms with Gasteiger partial charge in [0.25, 0.3) is 0 Å². The van der Waals surface area contributed by atoms with Crippen LogP contribution in [-0.4, -0.2) is 25.7 Å². The first-order valence-corrected chi connectivity index (χ1v) is 4.11. The van der Waals surface area contributed by atoms with Crippen LogP contribution in [-0.2, 0) is 9.53 Å². The number of hydrogen-bond donors (Lipinski definition) is 1. The molecule has 3 nitrogen and oxygen atoms in total. The third-order valence-electron chi connectivity index (χ3n) is 2.76. The zero-order chi connectivity index (χ0) is 9.19. The Balaban J connectivity index is 2.76. The van der Waals surface area contributed by atoms with Gasteiger partial charge in [0, 0.05) is 5.92 Å². The Labute approximate surface area is 72.8 Å². The predicted molar refractivity (Wildman–Crippen MR) is 46.7 cm³/mol. The minimum Gasteiger partial charge on any atom is -0.468 e. The zero-order valence-electron chi connectivity index (χ0n) is 7.59. The molecule has 1 fully saturated rings. The number of esters is 1. The highest BCUT2D eigenvalue weighted by atomic mass is 16.5. The van der Waals surface area contributed by atoms with Crippen LogP contribution in [0, 0.1) is 5.92 Å². The first kappa shape index (κ1) is 9.26. The van der Waals surface area contributed by atoms with Crippen LogP contribution in [0.2, 0.25) is 0 Å². The SMILES string of the molecule is C=C[C@H]1CC[C@@]1(NC)C(=O)OC. The van der Waals surface area contributed by atoms with E-state index in [0.717, 1.165) is 12.8 Å². The summed E-state index contributed by atoms with van der Waals surface area (Å²) in [5.41, 5.74) is -0.490. The van der Waals surface area contributed by atoms with Crippen LogP contribution >= 0.6 is 0 Å². The molecule has 0 unspecified atom stereocenters. The smallest absolute Gasteiger partial charge is 0.326 e. The van der Waals surface area contributed by atoms with Crippen molar-refractivity contribution >= 4 is 5.97 Å². The first-order valence-electron chi connectivity index (χ1n) is 4.11. The Morgan fingerprint density at radius 3 is 2.75 bits per heavy atom. The summed E-state index contributed by atoms with van der Waals surface area (Å²) in [6.45, 7) is 3.69. The highest BCUT2D eigenvalue weighted by molar-refractivity contribution is 5.82. The maximum Gasteiger partial charge on any atom is 0.326 e. The second kappa shape index (κ2) is 3.27. The van der Waals surface area contributed by atoms with Crippen molar-refractivity contribution in [1.82, 2.24) is 5.32 Å². The van der Waals surface area contributed by atoms with E-state index in [0.29, 0.717) is 0 Å². The Morgan fingerprint density at radius 1 is 1.83 bits per heavy atom. The minimum absolute atomic E-state index is 0.179. The number of likely N-dealkylation sites (N-methyl/N-ethyl adjacent to an activating group) is 1. The molecule has 0 aliphatic heterocycles. The Morgan fingerprint density at radius 2 is 2.50 bits per heavy atom. The Kier molecular flexibility index (Phi) is 2.52. The third kappa shape index (κ3) is 1.05. The van der Waals surface area contributed by atoms with Crippen molar-refractivity contribution in [2.75, 3.05) is 14.2 Å². The number of hydrogen-bond acceptors (Lipinski definition) is 3. The summed E-state index contributed by atoms with van der Waals surface area (Å²) in [5, 5.41) is 3.02. The normalized spacial score (nSPS) is 33.7. The van der Waals surface area contributed by atoms with E-state index in [1.807, 2.05) is 6.08 Å². The van der Waals surface area contributed by atoms with Gasteiger partial charge in [-0.3, -0.25) is 4.79 Å². The van der Waals surface area contributed by atoms with E-state index in [4.69, 9.17) is 4.74 Å². The standard InChI is InChI=1S/C9H15NO2/c1-4-7-5-6-9(7,10-2)8(11)12-3/h4,7,10H,1,5-6H2,2-3H3/t7-,9-/m0/s1. The van der Waals surface area contributed by atoms with Crippen molar-refractivity contribution in [1.29, 1.82) is 0 Å². The van der Waals surface area contributed by atoms with E-state index in [-0.39, 0.29) is 11.9 Å². The van der Waals surface area contributed by atoms with E-state index < -0.39 is 5.54 Å². The molecule has 0 spiro atoms. The fraction of sp³-hybridized carbons (Fsp3) is 0.667. The molecule has 0 aromatic heterocycles. The van der Waals surface area contributed by atoms with Gasteiger partial charge in [0.05, 0.1) is 7.11 Å². The van der Waals surface area contributed by atoms with Gasteiger partial charge in [-0.15, -0.1) is 6.58 Å². The van der Waals surface area contributed by atoms with Crippen molar-refractivity contribution in [3.63, 3.8) is 0 Å². The number of carbonyl (C=O) groups is 1. The third-order valence-corrected chi connectivity index (χ3v) is 2.76. The topological polar surface area (TPSA) is 38.3 Å². The molecule has 0 aromatic carbocycles. The maximum atomic E-state index is 11.4. The average Bonchev–Trinajstić information content (AvgIpc) is 2.05. The summed E-state index contributed by atoms with van der Waals surface area (Å²) < 4.78 is 4.73. The number of rotatable bonds is 3. The molecule has 0 aromatic rings. The van der Waals surface area contributed by atoms with Crippen molar-refractivity contribution in [2.24, 2.45) is 5.92 Å². The molecule has 1 aliphatic rings. The lowest BCUT2D eigenvalue weighted by Crippen LogP contribution is -2.62. The van der Waals surface area contributed by atoms with Crippen molar-refractivity contribution in [2.45, 2.75) is 18.4 Å². The molecular formula is C9H15NO2. The molecule has 68 valence electrons. The van der Waals surface area contributed by atoms with Gasteiger partial charge in [-0.05, 0) is 19.9 Å². The molecule has 0 radical (unpaired) electrons. The van der Waals surface area contributed by atoms with Crippen molar-refractivity contribution < 1.29 is 9.53 Å². The fourth-order valence-electron chi connectivity index (χ4n) is 1.77. The van der Waals surface area contributed by atoms with E-state index in [2.05, 4.69) is 11.9 Å². The van der Waals surface area contributed by atoms with Gasteiger partial charge >= 0.3 is 5.97 Å². The lowest BCUT2D eigenvalue weighted by Gasteiger charge is -2.45. The molecule has 0 bridgehead atoms. The Bertz CT molecular complexity index is 199. The molecule has 1 saturated carbocycles. The average molecular weight is 169 g/mol. The lowest BCUT2D eigenvalue weighted by molar-refractivity contribution is -0.155. The zero-order valence-corrected chi connectivity index (χ0v) is 7.59. The minimum atomic E-state index is -0.490. The van der Waals surface area contributed by atoms with Crippen molar-refractivity contribution in [3.8, 4) is 0 Å². The number of nitrogens with one attached hydrogen (secondary N) is 1. The monoisotopic (exact) mass is 169 g/mol. The van der Waals surface area contributed by atoms with Crippen LogP contribution < -0.4 is 5.32 Å².